The van der Waals surface area contributed by atoms with Crippen molar-refractivity contribution in [2.75, 3.05) is 11.4 Å². The molecule has 1 aliphatic heterocycles. The quantitative estimate of drug-likeness (QED) is 0.933. The highest BCUT2D eigenvalue weighted by Gasteiger charge is 2.31. The zero-order valence-electron chi connectivity index (χ0n) is 12.6. The van der Waals surface area contributed by atoms with E-state index in [0.29, 0.717) is 36.0 Å². The van der Waals surface area contributed by atoms with Crippen LogP contribution in [0.5, 0.6) is 0 Å². The van der Waals surface area contributed by atoms with Gasteiger partial charge in [0.05, 0.1) is 10.7 Å². The highest BCUT2D eigenvalue weighted by molar-refractivity contribution is 6.34. The smallest absolute Gasteiger partial charge is 0.249 e. The van der Waals surface area contributed by atoms with E-state index in [1.165, 1.54) is 0 Å². The van der Waals surface area contributed by atoms with Crippen LogP contribution < -0.4 is 10.2 Å². The van der Waals surface area contributed by atoms with Crippen LogP contribution in [-0.2, 0) is 9.59 Å². The fourth-order valence-electron chi connectivity index (χ4n) is 2.54. The molecule has 0 saturated carbocycles. The van der Waals surface area contributed by atoms with Crippen LogP contribution in [0.25, 0.3) is 0 Å². The molecule has 0 spiro atoms. The number of rotatable bonds is 3. The van der Waals surface area contributed by atoms with E-state index in [4.69, 9.17) is 11.6 Å². The lowest BCUT2D eigenvalue weighted by molar-refractivity contribution is -0.125. The van der Waals surface area contributed by atoms with Gasteiger partial charge in [-0.15, -0.1) is 0 Å². The molecule has 1 atom stereocenters. The Kier molecular flexibility index (Phi) is 4.88. The predicted molar refractivity (Wildman–Crippen MR) is 84.5 cm³/mol. The molecule has 1 fully saturated rings. The van der Waals surface area contributed by atoms with Gasteiger partial charge in [0, 0.05) is 13.0 Å². The average Bonchev–Trinajstić information content (AvgIpc) is 2.53. The first-order chi connectivity index (χ1) is 9.88. The zero-order valence-corrected chi connectivity index (χ0v) is 13.4. The molecule has 1 saturated heterocycles. The third-order valence-electron chi connectivity index (χ3n) is 3.56. The van der Waals surface area contributed by atoms with Crippen molar-refractivity contribution in [3.63, 3.8) is 0 Å². The number of aryl methyl sites for hydroxylation is 1. The van der Waals surface area contributed by atoms with E-state index < -0.39 is 6.04 Å². The van der Waals surface area contributed by atoms with Gasteiger partial charge in [-0.1, -0.05) is 31.5 Å². The minimum absolute atomic E-state index is 0.0814. The van der Waals surface area contributed by atoms with Gasteiger partial charge in [0.15, 0.2) is 0 Å². The Morgan fingerprint density at radius 1 is 1.38 bits per heavy atom. The molecular weight excluding hydrogens is 288 g/mol. The summed E-state index contributed by atoms with van der Waals surface area (Å²) in [6, 6.07) is 5.11. The van der Waals surface area contributed by atoms with E-state index in [1.54, 1.807) is 11.0 Å². The van der Waals surface area contributed by atoms with Gasteiger partial charge in [-0.25, -0.2) is 0 Å². The average molecular weight is 309 g/mol. The first-order valence-electron chi connectivity index (χ1n) is 7.25. The summed E-state index contributed by atoms with van der Waals surface area (Å²) in [6.07, 6.45) is 0.926. The van der Waals surface area contributed by atoms with Crippen LogP contribution in [0.3, 0.4) is 0 Å². The van der Waals surface area contributed by atoms with E-state index in [9.17, 15) is 9.59 Å². The van der Waals surface area contributed by atoms with Crippen molar-refractivity contribution in [2.45, 2.75) is 39.7 Å². The number of nitrogens with zero attached hydrogens (tertiary/aromatic N) is 1. The van der Waals surface area contributed by atoms with E-state index in [0.717, 1.165) is 5.56 Å². The van der Waals surface area contributed by atoms with Crippen molar-refractivity contribution in [3.8, 4) is 0 Å². The maximum Gasteiger partial charge on any atom is 0.249 e. The largest absolute Gasteiger partial charge is 0.344 e. The summed E-state index contributed by atoms with van der Waals surface area (Å²) in [5.74, 6) is 0.162. The molecule has 0 radical (unpaired) electrons. The number of carbonyl (C=O) groups excluding carboxylic acids is 2. The van der Waals surface area contributed by atoms with Crippen LogP contribution in [0, 0.1) is 12.8 Å². The lowest BCUT2D eigenvalue weighted by Crippen LogP contribution is -2.45. The topological polar surface area (TPSA) is 49.4 Å². The first-order valence-corrected chi connectivity index (χ1v) is 7.63. The molecule has 114 valence electrons. The third-order valence-corrected chi connectivity index (χ3v) is 3.88. The summed E-state index contributed by atoms with van der Waals surface area (Å²) in [5.41, 5.74) is 1.72. The summed E-state index contributed by atoms with van der Waals surface area (Å²) in [6.45, 7) is 6.39. The van der Waals surface area contributed by atoms with Crippen LogP contribution in [0.1, 0.15) is 32.3 Å². The fraction of sp³-hybridized carbons (Fsp3) is 0.500. The molecule has 1 heterocycles. The number of anilines is 1. The Labute approximate surface area is 130 Å². The van der Waals surface area contributed by atoms with Crippen LogP contribution in [0.15, 0.2) is 18.2 Å². The number of carbonyl (C=O) groups is 2. The second-order valence-corrected chi connectivity index (χ2v) is 6.35. The molecule has 1 aliphatic rings. The van der Waals surface area contributed by atoms with Crippen LogP contribution >= 0.6 is 11.6 Å². The maximum atomic E-state index is 12.7. The Hall–Kier alpha value is -1.55. The SMILES string of the molecule is Cc1ccc(Cl)c(N2CCC(=O)NC(CC(C)C)C2=O)c1. The lowest BCUT2D eigenvalue weighted by atomic mass is 10.0. The highest BCUT2D eigenvalue weighted by atomic mass is 35.5. The number of hydrogen-bond acceptors (Lipinski definition) is 2. The van der Waals surface area contributed by atoms with Crippen LogP contribution in [0.4, 0.5) is 5.69 Å². The van der Waals surface area contributed by atoms with Crippen LogP contribution in [0.2, 0.25) is 5.02 Å². The minimum Gasteiger partial charge on any atom is -0.344 e. The number of hydrogen-bond donors (Lipinski definition) is 1. The normalized spacial score (nSPS) is 19.7. The molecule has 1 aromatic carbocycles. The highest BCUT2D eigenvalue weighted by Crippen LogP contribution is 2.29. The summed E-state index contributed by atoms with van der Waals surface area (Å²) >= 11 is 6.24. The number of benzene rings is 1. The third kappa shape index (κ3) is 3.76. The summed E-state index contributed by atoms with van der Waals surface area (Å²) in [5, 5.41) is 3.35. The van der Waals surface area contributed by atoms with Gasteiger partial charge >= 0.3 is 0 Å². The van der Waals surface area contributed by atoms with Crippen molar-refractivity contribution in [1.82, 2.24) is 5.32 Å². The Balaban J connectivity index is 2.35. The zero-order chi connectivity index (χ0) is 15.6. The molecule has 0 aromatic heterocycles. The van der Waals surface area contributed by atoms with Gasteiger partial charge in [0.2, 0.25) is 11.8 Å². The first kappa shape index (κ1) is 15.8. The summed E-state index contributed by atoms with van der Waals surface area (Å²) in [7, 11) is 0. The van der Waals surface area contributed by atoms with E-state index in [-0.39, 0.29) is 11.8 Å². The van der Waals surface area contributed by atoms with Gasteiger partial charge < -0.3 is 10.2 Å². The molecule has 0 aliphatic carbocycles. The molecule has 4 nitrogen and oxygen atoms in total. The van der Waals surface area contributed by atoms with Crippen molar-refractivity contribution >= 4 is 29.1 Å². The van der Waals surface area contributed by atoms with Crippen molar-refractivity contribution in [1.29, 1.82) is 0 Å². The Morgan fingerprint density at radius 3 is 2.76 bits per heavy atom. The summed E-state index contributed by atoms with van der Waals surface area (Å²) in [4.78, 5) is 26.2. The second kappa shape index (κ2) is 6.48. The monoisotopic (exact) mass is 308 g/mol. The predicted octanol–water partition coefficient (Wildman–Crippen LogP) is 2.92. The maximum absolute atomic E-state index is 12.7. The molecule has 21 heavy (non-hydrogen) atoms. The van der Waals surface area contributed by atoms with Gasteiger partial charge in [0.25, 0.3) is 0 Å². The number of amides is 2. The van der Waals surface area contributed by atoms with Gasteiger partial charge in [-0.2, -0.15) is 0 Å². The molecule has 1 unspecified atom stereocenters. The Morgan fingerprint density at radius 2 is 2.10 bits per heavy atom. The van der Waals surface area contributed by atoms with E-state index in [1.807, 2.05) is 32.9 Å². The number of nitrogens with one attached hydrogen (secondary N) is 1. The van der Waals surface area contributed by atoms with E-state index in [2.05, 4.69) is 5.32 Å². The minimum atomic E-state index is -0.475. The van der Waals surface area contributed by atoms with Crippen molar-refractivity contribution < 1.29 is 9.59 Å². The van der Waals surface area contributed by atoms with Crippen molar-refractivity contribution in [2.24, 2.45) is 5.92 Å². The molecule has 2 rings (SSSR count). The van der Waals surface area contributed by atoms with Gasteiger partial charge in [0.1, 0.15) is 6.04 Å². The van der Waals surface area contributed by atoms with Gasteiger partial charge in [-0.3, -0.25) is 9.59 Å². The molecule has 5 heteroatoms. The molecular formula is C16H21ClN2O2. The number of halogens is 1. The van der Waals surface area contributed by atoms with E-state index >= 15 is 0 Å². The fourth-order valence-corrected chi connectivity index (χ4v) is 2.76. The van der Waals surface area contributed by atoms with Crippen LogP contribution in [-0.4, -0.2) is 24.4 Å². The Bertz CT molecular complexity index is 557. The van der Waals surface area contributed by atoms with Crippen molar-refractivity contribution in [3.05, 3.63) is 28.8 Å². The van der Waals surface area contributed by atoms with Gasteiger partial charge in [-0.05, 0) is 37.0 Å². The molecule has 1 aromatic rings. The second-order valence-electron chi connectivity index (χ2n) is 5.94. The molecule has 1 N–H and O–H groups in total. The lowest BCUT2D eigenvalue weighted by Gasteiger charge is -2.26. The summed E-state index contributed by atoms with van der Waals surface area (Å²) < 4.78 is 0. The standard InChI is InChI=1S/C16H21ClN2O2/c1-10(2)8-13-16(21)19(7-6-15(20)18-13)14-9-11(3)4-5-12(14)17/h4-5,9-10,13H,6-8H2,1-3H3,(H,18,20). The molecule has 0 bridgehead atoms. The molecule has 2 amide bonds.